The normalized spacial score (nSPS) is 11.2. The lowest BCUT2D eigenvalue weighted by molar-refractivity contribution is 0.373. The van der Waals surface area contributed by atoms with E-state index < -0.39 is 0 Å². The Bertz CT molecular complexity index is 824. The number of hydrogen-bond donors (Lipinski definition) is 1. The fourth-order valence-corrected chi connectivity index (χ4v) is 3.09. The Morgan fingerprint density at radius 1 is 0.960 bits per heavy atom. The molecule has 0 aromatic heterocycles. The molecule has 0 saturated carbocycles. The first-order valence-electron chi connectivity index (χ1n) is 7.88. The molecule has 0 aliphatic heterocycles. The number of phenolic OH excluding ortho intramolecular Hbond substituents is 1. The average molecular weight is 396 g/mol. The summed E-state index contributed by atoms with van der Waals surface area (Å²) in [5, 5.41) is 10.3. The lowest BCUT2D eigenvalue weighted by Gasteiger charge is -2.14. The fraction of sp³-hybridized carbons (Fsp3) is 0.0952. The third-order valence-electron chi connectivity index (χ3n) is 3.88. The molecule has 0 aliphatic rings. The topological polar surface area (TPSA) is 41.8 Å². The number of rotatable bonds is 5. The monoisotopic (exact) mass is 395 g/mol. The van der Waals surface area contributed by atoms with Gasteiger partial charge in [-0.25, -0.2) is 0 Å². The molecule has 25 heavy (non-hydrogen) atoms. The van der Waals surface area contributed by atoms with Crippen LogP contribution in [0.1, 0.15) is 22.7 Å². The Balaban J connectivity index is 2.02. The van der Waals surface area contributed by atoms with Crippen molar-refractivity contribution in [2.75, 3.05) is 7.11 Å². The van der Waals surface area contributed by atoms with Gasteiger partial charge in [0.15, 0.2) is 11.5 Å². The van der Waals surface area contributed by atoms with E-state index in [1.54, 1.807) is 12.3 Å². The zero-order valence-corrected chi connectivity index (χ0v) is 15.3. The molecule has 4 heteroatoms. The lowest BCUT2D eigenvalue weighted by atomic mass is 9.99. The molecule has 0 spiro atoms. The van der Waals surface area contributed by atoms with Crippen LogP contribution in [-0.4, -0.2) is 18.4 Å². The van der Waals surface area contributed by atoms with Gasteiger partial charge < -0.3 is 9.84 Å². The summed E-state index contributed by atoms with van der Waals surface area (Å²) < 4.78 is 6.02. The van der Waals surface area contributed by atoms with Gasteiger partial charge >= 0.3 is 0 Å². The molecule has 0 saturated heterocycles. The van der Waals surface area contributed by atoms with Gasteiger partial charge in [-0.1, -0.05) is 76.6 Å². The number of methoxy groups -OCH3 is 1. The number of aliphatic imine (C=N–C) groups is 1. The van der Waals surface area contributed by atoms with Gasteiger partial charge in [0.1, 0.15) is 0 Å². The summed E-state index contributed by atoms with van der Waals surface area (Å²) in [5.41, 5.74) is 2.78. The summed E-state index contributed by atoms with van der Waals surface area (Å²) in [7, 11) is 1.53. The first-order chi connectivity index (χ1) is 12.2. The van der Waals surface area contributed by atoms with Gasteiger partial charge in [-0.05, 0) is 23.3 Å². The fourth-order valence-electron chi connectivity index (χ4n) is 2.64. The minimum absolute atomic E-state index is 0.0781. The molecule has 3 rings (SSSR count). The smallest absolute Gasteiger partial charge is 0.166 e. The molecule has 0 radical (unpaired) electrons. The Morgan fingerprint density at radius 2 is 1.52 bits per heavy atom. The summed E-state index contributed by atoms with van der Waals surface area (Å²) in [6.07, 6.45) is 1.69. The number of hydrogen-bond acceptors (Lipinski definition) is 3. The summed E-state index contributed by atoms with van der Waals surface area (Å²) in [5.74, 6) is 0.487. The number of halogens is 1. The van der Waals surface area contributed by atoms with Crippen LogP contribution in [0, 0.1) is 0 Å². The molecule has 0 aliphatic carbocycles. The van der Waals surface area contributed by atoms with Gasteiger partial charge in [0, 0.05) is 16.3 Å². The largest absolute Gasteiger partial charge is 0.504 e. The van der Waals surface area contributed by atoms with E-state index in [1.165, 1.54) is 7.11 Å². The molecule has 126 valence electrons. The third kappa shape index (κ3) is 4.09. The van der Waals surface area contributed by atoms with Crippen molar-refractivity contribution >= 4 is 22.1 Å². The molecule has 3 nitrogen and oxygen atoms in total. The van der Waals surface area contributed by atoms with Crippen molar-refractivity contribution < 1.29 is 9.84 Å². The molecule has 0 heterocycles. The van der Waals surface area contributed by atoms with Crippen molar-refractivity contribution in [1.82, 2.24) is 0 Å². The highest BCUT2D eigenvalue weighted by atomic mass is 79.9. The first-order valence-corrected chi connectivity index (χ1v) is 8.68. The highest BCUT2D eigenvalue weighted by Gasteiger charge is 2.13. The summed E-state index contributed by atoms with van der Waals surface area (Å²) in [4.78, 5) is 4.75. The summed E-state index contributed by atoms with van der Waals surface area (Å²) >= 11 is 3.43. The number of ether oxygens (including phenoxy) is 1. The lowest BCUT2D eigenvalue weighted by Crippen LogP contribution is -1.99. The van der Waals surface area contributed by atoms with E-state index in [0.29, 0.717) is 11.3 Å². The Hall–Kier alpha value is -2.59. The second-order valence-corrected chi connectivity index (χ2v) is 6.46. The zero-order chi connectivity index (χ0) is 17.6. The maximum Gasteiger partial charge on any atom is 0.166 e. The molecule has 1 N–H and O–H groups in total. The first kappa shape index (κ1) is 17.2. The van der Waals surface area contributed by atoms with Crippen molar-refractivity contribution in [2.24, 2.45) is 4.99 Å². The molecule has 0 atom stereocenters. The molecule has 3 aromatic carbocycles. The zero-order valence-electron chi connectivity index (χ0n) is 13.8. The number of nitrogens with zero attached hydrogens (tertiary/aromatic N) is 1. The van der Waals surface area contributed by atoms with Crippen molar-refractivity contribution in [3.05, 3.63) is 94.0 Å². The molecular weight excluding hydrogens is 378 g/mol. The van der Waals surface area contributed by atoms with Crippen molar-refractivity contribution in [3.8, 4) is 11.5 Å². The summed E-state index contributed by atoms with van der Waals surface area (Å²) in [6, 6.07) is 23.6. The third-order valence-corrected chi connectivity index (χ3v) is 4.34. The van der Waals surface area contributed by atoms with E-state index in [9.17, 15) is 5.11 Å². The highest BCUT2D eigenvalue weighted by molar-refractivity contribution is 9.10. The van der Waals surface area contributed by atoms with Crippen LogP contribution in [0.4, 0.5) is 0 Å². The molecule has 0 bridgehead atoms. The predicted molar refractivity (Wildman–Crippen MR) is 105 cm³/mol. The Morgan fingerprint density at radius 3 is 2.04 bits per heavy atom. The predicted octanol–water partition coefficient (Wildman–Crippen LogP) is 5.37. The van der Waals surface area contributed by atoms with Crippen LogP contribution in [0.25, 0.3) is 0 Å². The van der Waals surface area contributed by atoms with Crippen LogP contribution in [0.15, 0.2) is 82.3 Å². The average Bonchev–Trinajstić information content (AvgIpc) is 2.66. The van der Waals surface area contributed by atoms with E-state index in [4.69, 9.17) is 9.73 Å². The van der Waals surface area contributed by atoms with E-state index in [2.05, 4.69) is 40.2 Å². The molecule has 3 aromatic rings. The van der Waals surface area contributed by atoms with Crippen LogP contribution < -0.4 is 4.74 Å². The van der Waals surface area contributed by atoms with Crippen LogP contribution in [0.3, 0.4) is 0 Å². The van der Waals surface area contributed by atoms with E-state index in [1.807, 2.05) is 42.5 Å². The number of benzene rings is 3. The highest BCUT2D eigenvalue weighted by Crippen LogP contribution is 2.33. The molecule has 0 fully saturated rings. The van der Waals surface area contributed by atoms with Gasteiger partial charge in [-0.3, -0.25) is 4.99 Å². The van der Waals surface area contributed by atoms with Crippen LogP contribution in [0.2, 0.25) is 0 Å². The molecular formula is C21H18BrNO2. The van der Waals surface area contributed by atoms with Gasteiger partial charge in [0.25, 0.3) is 0 Å². The Kier molecular flexibility index (Phi) is 5.51. The van der Waals surface area contributed by atoms with E-state index >= 15 is 0 Å². The van der Waals surface area contributed by atoms with Crippen LogP contribution in [-0.2, 0) is 0 Å². The van der Waals surface area contributed by atoms with Crippen molar-refractivity contribution in [2.45, 2.75) is 6.04 Å². The quantitative estimate of drug-likeness (QED) is 0.589. The van der Waals surface area contributed by atoms with Gasteiger partial charge in [-0.15, -0.1) is 0 Å². The molecule has 0 amide bonds. The number of aromatic hydroxyl groups is 1. The maximum atomic E-state index is 10.3. The maximum absolute atomic E-state index is 10.3. The van der Waals surface area contributed by atoms with Crippen molar-refractivity contribution in [3.63, 3.8) is 0 Å². The van der Waals surface area contributed by atoms with Crippen LogP contribution in [0.5, 0.6) is 11.5 Å². The standard InChI is InChI=1S/C21H18BrNO2/c1-25-19-13-18(22)12-17(21(19)24)14-23-20(15-8-4-2-5-9-15)16-10-6-3-7-11-16/h2-14,20,24H,1H3. The van der Waals surface area contributed by atoms with E-state index in [-0.39, 0.29) is 11.8 Å². The van der Waals surface area contributed by atoms with Crippen LogP contribution >= 0.6 is 15.9 Å². The number of phenols is 1. The Labute approximate surface area is 155 Å². The van der Waals surface area contributed by atoms with Crippen molar-refractivity contribution in [1.29, 1.82) is 0 Å². The second-order valence-electron chi connectivity index (χ2n) is 5.55. The SMILES string of the molecule is COc1cc(Br)cc(C=NC(c2ccccc2)c2ccccc2)c1O. The van der Waals surface area contributed by atoms with Gasteiger partial charge in [0.2, 0.25) is 0 Å². The van der Waals surface area contributed by atoms with E-state index in [0.717, 1.165) is 15.6 Å². The minimum atomic E-state index is -0.147. The van der Waals surface area contributed by atoms with Gasteiger partial charge in [-0.2, -0.15) is 0 Å². The second kappa shape index (κ2) is 7.99. The van der Waals surface area contributed by atoms with Gasteiger partial charge in [0.05, 0.1) is 13.2 Å². The minimum Gasteiger partial charge on any atom is -0.504 e. The summed E-state index contributed by atoms with van der Waals surface area (Å²) in [6.45, 7) is 0. The molecule has 0 unspecified atom stereocenters.